The number of amides is 2. The molecule has 1 aromatic heterocycles. The van der Waals surface area contributed by atoms with Crippen LogP contribution in [0, 0.1) is 0 Å². The van der Waals surface area contributed by atoms with E-state index in [0.29, 0.717) is 27.9 Å². The maximum absolute atomic E-state index is 12.6. The van der Waals surface area contributed by atoms with E-state index in [-0.39, 0.29) is 17.1 Å². The van der Waals surface area contributed by atoms with Crippen LogP contribution in [0.25, 0.3) is 10.2 Å². The van der Waals surface area contributed by atoms with E-state index in [9.17, 15) is 9.59 Å². The highest BCUT2D eigenvalue weighted by Crippen LogP contribution is 2.30. The van der Waals surface area contributed by atoms with E-state index in [1.165, 1.54) is 30.2 Å². The van der Waals surface area contributed by atoms with Crippen LogP contribution in [0.3, 0.4) is 0 Å². The summed E-state index contributed by atoms with van der Waals surface area (Å²) in [5.41, 5.74) is 1.97. The Hall–Kier alpha value is -3.56. The van der Waals surface area contributed by atoms with Crippen molar-refractivity contribution in [2.75, 3.05) is 24.9 Å². The molecule has 2 amide bonds. The summed E-state index contributed by atoms with van der Waals surface area (Å²) in [6, 6.07) is 20.1. The van der Waals surface area contributed by atoms with Crippen molar-refractivity contribution < 1.29 is 19.1 Å². The molecule has 7 nitrogen and oxygen atoms in total. The molecule has 1 heterocycles. The number of hydrogen-bond acceptors (Lipinski definition) is 7. The minimum absolute atomic E-state index is 0.116. The van der Waals surface area contributed by atoms with Gasteiger partial charge in [-0.1, -0.05) is 23.5 Å². The van der Waals surface area contributed by atoms with Crippen LogP contribution in [0.5, 0.6) is 11.5 Å². The Bertz CT molecular complexity index is 1290. The van der Waals surface area contributed by atoms with Gasteiger partial charge in [-0.25, -0.2) is 4.98 Å². The monoisotopic (exact) mass is 493 g/mol. The molecule has 3 aromatic carbocycles. The highest BCUT2D eigenvalue weighted by atomic mass is 32.2. The van der Waals surface area contributed by atoms with Crippen LogP contribution in [-0.4, -0.2) is 36.3 Å². The Balaban J connectivity index is 1.34. The van der Waals surface area contributed by atoms with Gasteiger partial charge in [0.25, 0.3) is 5.91 Å². The van der Waals surface area contributed by atoms with Gasteiger partial charge in [-0.05, 0) is 61.5 Å². The summed E-state index contributed by atoms with van der Waals surface area (Å²) < 4.78 is 11.5. The molecule has 1 atom stereocenters. The van der Waals surface area contributed by atoms with E-state index >= 15 is 0 Å². The SMILES string of the molecule is COc1ccc(C(=O)Nc2ccc(SC(C)C(=O)Nc3nc4ccccc4s3)cc2)cc1OC. The molecule has 0 fully saturated rings. The number of thiazole rings is 1. The Labute approximate surface area is 205 Å². The molecule has 9 heteroatoms. The van der Waals surface area contributed by atoms with Crippen LogP contribution in [0.1, 0.15) is 17.3 Å². The van der Waals surface area contributed by atoms with Crippen LogP contribution < -0.4 is 20.1 Å². The van der Waals surface area contributed by atoms with Crippen molar-refractivity contribution in [3.8, 4) is 11.5 Å². The van der Waals surface area contributed by atoms with Crippen LogP contribution in [-0.2, 0) is 4.79 Å². The average molecular weight is 494 g/mol. The Morgan fingerprint density at radius 1 is 0.941 bits per heavy atom. The van der Waals surface area contributed by atoms with E-state index in [1.54, 1.807) is 37.4 Å². The number of nitrogens with one attached hydrogen (secondary N) is 2. The maximum atomic E-state index is 12.6. The van der Waals surface area contributed by atoms with Gasteiger partial charge >= 0.3 is 0 Å². The number of rotatable bonds is 8. The molecule has 0 aliphatic rings. The van der Waals surface area contributed by atoms with Crippen LogP contribution in [0.15, 0.2) is 71.6 Å². The van der Waals surface area contributed by atoms with Gasteiger partial charge in [0.15, 0.2) is 16.6 Å². The number of thioether (sulfide) groups is 1. The third-order valence-electron chi connectivity index (χ3n) is 4.96. The van der Waals surface area contributed by atoms with Gasteiger partial charge in [0.2, 0.25) is 5.91 Å². The van der Waals surface area contributed by atoms with Crippen molar-refractivity contribution in [1.29, 1.82) is 0 Å². The maximum Gasteiger partial charge on any atom is 0.255 e. The summed E-state index contributed by atoms with van der Waals surface area (Å²) in [5, 5.41) is 6.03. The normalized spacial score (nSPS) is 11.6. The van der Waals surface area contributed by atoms with Crippen molar-refractivity contribution in [3.05, 3.63) is 72.3 Å². The molecular weight excluding hydrogens is 470 g/mol. The molecule has 0 saturated carbocycles. The lowest BCUT2D eigenvalue weighted by atomic mass is 10.2. The van der Waals surface area contributed by atoms with Crippen LogP contribution in [0.4, 0.5) is 10.8 Å². The van der Waals surface area contributed by atoms with Crippen molar-refractivity contribution in [2.24, 2.45) is 0 Å². The Morgan fingerprint density at radius 2 is 1.68 bits per heavy atom. The zero-order valence-corrected chi connectivity index (χ0v) is 20.5. The van der Waals surface area contributed by atoms with E-state index in [2.05, 4.69) is 15.6 Å². The highest BCUT2D eigenvalue weighted by molar-refractivity contribution is 8.00. The molecule has 0 radical (unpaired) electrons. The molecule has 0 aliphatic carbocycles. The van der Waals surface area contributed by atoms with Gasteiger partial charge in [0.1, 0.15) is 0 Å². The molecule has 174 valence electrons. The second kappa shape index (κ2) is 10.6. The molecule has 4 aromatic rings. The van der Waals surface area contributed by atoms with Crippen molar-refractivity contribution >= 4 is 55.9 Å². The quantitative estimate of drug-likeness (QED) is 0.307. The number of hydrogen-bond donors (Lipinski definition) is 2. The van der Waals surface area contributed by atoms with Crippen molar-refractivity contribution in [2.45, 2.75) is 17.1 Å². The zero-order valence-electron chi connectivity index (χ0n) is 18.8. The smallest absolute Gasteiger partial charge is 0.255 e. The number of benzene rings is 3. The van der Waals surface area contributed by atoms with Crippen LogP contribution >= 0.6 is 23.1 Å². The predicted octanol–water partition coefficient (Wildman–Crippen LogP) is 5.69. The number of nitrogens with zero attached hydrogens (tertiary/aromatic N) is 1. The molecule has 0 aliphatic heterocycles. The number of carbonyl (C=O) groups is 2. The first kappa shape index (κ1) is 23.6. The summed E-state index contributed by atoms with van der Waals surface area (Å²) in [7, 11) is 3.07. The number of fused-ring (bicyclic) bond motifs is 1. The van der Waals surface area contributed by atoms with Crippen molar-refractivity contribution in [3.63, 3.8) is 0 Å². The summed E-state index contributed by atoms with van der Waals surface area (Å²) in [5.74, 6) is 0.668. The van der Waals surface area contributed by atoms with E-state index in [0.717, 1.165) is 15.1 Å². The zero-order chi connectivity index (χ0) is 24.1. The standard InChI is InChI=1S/C25H23N3O4S2/c1-15(23(29)28-25-27-19-6-4-5-7-22(19)34-25)33-18-11-9-17(10-12-18)26-24(30)16-8-13-20(31-2)21(14-16)32-3/h4-15H,1-3H3,(H,26,30)(H,27,28,29). The van der Waals surface area contributed by atoms with Gasteiger partial charge in [0, 0.05) is 16.1 Å². The molecule has 0 saturated heterocycles. The average Bonchev–Trinajstić information content (AvgIpc) is 3.27. The number of carbonyl (C=O) groups excluding carboxylic acids is 2. The lowest BCUT2D eigenvalue weighted by Crippen LogP contribution is -2.22. The summed E-state index contributed by atoms with van der Waals surface area (Å²) >= 11 is 2.88. The summed E-state index contributed by atoms with van der Waals surface area (Å²) in [6.07, 6.45) is 0. The predicted molar refractivity (Wildman–Crippen MR) is 138 cm³/mol. The number of para-hydroxylation sites is 1. The fourth-order valence-electron chi connectivity index (χ4n) is 3.19. The summed E-state index contributed by atoms with van der Waals surface area (Å²) in [6.45, 7) is 1.85. The van der Waals surface area contributed by atoms with Gasteiger partial charge in [-0.3, -0.25) is 9.59 Å². The summed E-state index contributed by atoms with van der Waals surface area (Å²) in [4.78, 5) is 30.6. The first-order valence-electron chi connectivity index (χ1n) is 10.4. The molecule has 2 N–H and O–H groups in total. The fraction of sp³-hybridized carbons (Fsp3) is 0.160. The number of anilines is 2. The number of methoxy groups -OCH3 is 2. The molecule has 4 rings (SSSR count). The van der Waals surface area contributed by atoms with E-state index in [1.807, 2.05) is 43.3 Å². The Kier molecular flexibility index (Phi) is 7.34. The van der Waals surface area contributed by atoms with Gasteiger partial charge in [0.05, 0.1) is 29.7 Å². The molecular formula is C25H23N3O4S2. The number of aromatic nitrogens is 1. The van der Waals surface area contributed by atoms with Crippen LogP contribution in [0.2, 0.25) is 0 Å². The van der Waals surface area contributed by atoms with E-state index in [4.69, 9.17) is 9.47 Å². The Morgan fingerprint density at radius 3 is 2.38 bits per heavy atom. The second-order valence-corrected chi connectivity index (χ2v) is 9.73. The van der Waals surface area contributed by atoms with Crippen molar-refractivity contribution in [1.82, 2.24) is 4.98 Å². The highest BCUT2D eigenvalue weighted by Gasteiger charge is 2.17. The largest absolute Gasteiger partial charge is 0.493 e. The third-order valence-corrected chi connectivity index (χ3v) is 7.03. The fourth-order valence-corrected chi connectivity index (χ4v) is 4.92. The molecule has 0 bridgehead atoms. The van der Waals surface area contributed by atoms with E-state index < -0.39 is 0 Å². The van der Waals surface area contributed by atoms with Gasteiger partial charge in [-0.15, -0.1) is 11.8 Å². The topological polar surface area (TPSA) is 89.5 Å². The lowest BCUT2D eigenvalue weighted by Gasteiger charge is -2.12. The first-order valence-corrected chi connectivity index (χ1v) is 12.1. The second-order valence-electron chi connectivity index (χ2n) is 7.28. The molecule has 0 spiro atoms. The van der Waals surface area contributed by atoms with Gasteiger partial charge < -0.3 is 20.1 Å². The number of ether oxygens (including phenoxy) is 2. The third kappa shape index (κ3) is 5.49. The minimum atomic E-state index is -0.320. The molecule has 1 unspecified atom stereocenters. The molecule has 34 heavy (non-hydrogen) atoms. The van der Waals surface area contributed by atoms with Gasteiger partial charge in [-0.2, -0.15) is 0 Å². The lowest BCUT2D eigenvalue weighted by molar-refractivity contribution is -0.115. The minimum Gasteiger partial charge on any atom is -0.493 e. The first-order chi connectivity index (χ1) is 16.5.